The molecule has 62 heavy (non-hydrogen) atoms. The quantitative estimate of drug-likeness (QED) is 0.0281. The lowest BCUT2D eigenvalue weighted by molar-refractivity contribution is -0.887. The number of aliphatic carboxylic acids is 1. The van der Waals surface area contributed by atoms with E-state index in [0.717, 1.165) is 38.5 Å². The summed E-state index contributed by atoms with van der Waals surface area (Å²) in [5.74, 6) is -1.44. The number of carbonyl (C=O) groups is 3. The summed E-state index contributed by atoms with van der Waals surface area (Å²) in [6.07, 6.45) is 51.2. The van der Waals surface area contributed by atoms with E-state index in [0.29, 0.717) is 19.3 Å². The van der Waals surface area contributed by atoms with Gasteiger partial charge in [-0.05, 0) is 38.5 Å². The monoisotopic (exact) mass is 879 g/mol. The summed E-state index contributed by atoms with van der Waals surface area (Å²) in [4.78, 5) is 37.2. The average molecular weight is 879 g/mol. The largest absolute Gasteiger partial charge is 0.477 e. The van der Waals surface area contributed by atoms with E-state index in [1.807, 2.05) is 21.1 Å². The van der Waals surface area contributed by atoms with Crippen molar-refractivity contribution in [2.24, 2.45) is 0 Å². The van der Waals surface area contributed by atoms with Crippen LogP contribution < -0.4 is 0 Å². The van der Waals surface area contributed by atoms with Crippen molar-refractivity contribution < 1.29 is 38.2 Å². The van der Waals surface area contributed by atoms with Crippen LogP contribution in [0.3, 0.4) is 0 Å². The second-order valence-corrected chi connectivity index (χ2v) is 19.5. The number of hydrogen-bond donors (Lipinski definition) is 1. The molecule has 1 N–H and O–H groups in total. The molecular formula is C54H104NO7+. The predicted octanol–water partition coefficient (Wildman–Crippen LogP) is 15.4. The second kappa shape index (κ2) is 45.6. The summed E-state index contributed by atoms with van der Waals surface area (Å²) in [6.45, 7) is 4.79. The van der Waals surface area contributed by atoms with Gasteiger partial charge in [0.1, 0.15) is 6.61 Å². The third-order valence-electron chi connectivity index (χ3n) is 12.4. The molecule has 0 aliphatic carbocycles. The van der Waals surface area contributed by atoms with E-state index < -0.39 is 18.1 Å². The molecule has 8 heteroatoms. The number of likely N-dealkylation sites (N-methyl/N-ethyl adjacent to an activating group) is 1. The molecule has 0 spiro atoms. The van der Waals surface area contributed by atoms with Crippen molar-refractivity contribution in [3.63, 3.8) is 0 Å². The van der Waals surface area contributed by atoms with E-state index in [1.54, 1.807) is 0 Å². The van der Waals surface area contributed by atoms with E-state index in [4.69, 9.17) is 14.2 Å². The highest BCUT2D eigenvalue weighted by atomic mass is 16.6. The minimum absolute atomic E-state index is 0.0442. The number of esters is 2. The molecule has 0 saturated carbocycles. The maximum Gasteiger partial charge on any atom is 0.362 e. The summed E-state index contributed by atoms with van der Waals surface area (Å²) in [7, 11) is 5.55. The van der Waals surface area contributed by atoms with Crippen molar-refractivity contribution in [1.82, 2.24) is 0 Å². The SMILES string of the molecule is CCCCCCCCCC/C=C\CCCCCCCCCCCCCC(=O)OC(COCCC(C(=O)O)[N+](C)(C)C)COC(=O)CCCCCCCCCCCCCCCCC. The van der Waals surface area contributed by atoms with Crippen LogP contribution in [0.2, 0.25) is 0 Å². The number of rotatable bonds is 49. The fraction of sp³-hybridized carbons (Fsp3) is 0.907. The highest BCUT2D eigenvalue weighted by Crippen LogP contribution is 2.17. The van der Waals surface area contributed by atoms with Gasteiger partial charge < -0.3 is 23.8 Å². The van der Waals surface area contributed by atoms with Crippen LogP contribution >= 0.6 is 0 Å². The van der Waals surface area contributed by atoms with Crippen molar-refractivity contribution >= 4 is 17.9 Å². The third kappa shape index (κ3) is 43.3. The normalized spacial score (nSPS) is 12.9. The van der Waals surface area contributed by atoms with Gasteiger partial charge in [0, 0.05) is 19.3 Å². The predicted molar refractivity (Wildman–Crippen MR) is 262 cm³/mol. The van der Waals surface area contributed by atoms with E-state index in [-0.39, 0.29) is 36.2 Å². The van der Waals surface area contributed by atoms with Crippen LogP contribution in [0.25, 0.3) is 0 Å². The van der Waals surface area contributed by atoms with Crippen molar-refractivity contribution in [2.45, 2.75) is 276 Å². The molecule has 0 amide bonds. The van der Waals surface area contributed by atoms with E-state index in [9.17, 15) is 19.5 Å². The smallest absolute Gasteiger partial charge is 0.362 e. The lowest BCUT2D eigenvalue weighted by Crippen LogP contribution is -2.50. The maximum atomic E-state index is 12.8. The van der Waals surface area contributed by atoms with E-state index in [2.05, 4.69) is 26.0 Å². The molecule has 0 saturated heterocycles. The number of unbranched alkanes of at least 4 members (excludes halogenated alkanes) is 33. The molecule has 8 nitrogen and oxygen atoms in total. The number of ether oxygens (including phenoxy) is 3. The minimum Gasteiger partial charge on any atom is -0.477 e. The van der Waals surface area contributed by atoms with Gasteiger partial charge in [-0.25, -0.2) is 4.79 Å². The van der Waals surface area contributed by atoms with Crippen LogP contribution in [-0.4, -0.2) is 80.6 Å². The molecule has 0 bridgehead atoms. The molecule has 0 aromatic carbocycles. The van der Waals surface area contributed by atoms with Gasteiger partial charge in [0.05, 0.1) is 34.4 Å². The van der Waals surface area contributed by atoms with Crippen molar-refractivity contribution in [3.8, 4) is 0 Å². The molecule has 2 unspecified atom stereocenters. The molecule has 366 valence electrons. The Labute approximate surface area is 384 Å². The summed E-state index contributed by atoms with van der Waals surface area (Å²) >= 11 is 0. The standard InChI is InChI=1S/C54H103NO7/c1-6-8-10-12-14-16-18-20-22-23-24-25-26-27-28-29-31-33-35-37-39-41-43-45-53(57)62-50(48-60-47-46-51(54(58)59)55(3,4)5)49-61-52(56)44-42-40-38-36-34-32-30-21-19-17-15-13-11-9-7-2/h23-24,50-51H,6-22,25-49H2,1-5H3/p+1/b24-23-. The number of quaternary nitrogens is 1. The molecule has 0 aromatic heterocycles. The molecule has 0 heterocycles. The Morgan fingerprint density at radius 1 is 0.468 bits per heavy atom. The first-order chi connectivity index (χ1) is 30.1. The number of nitrogens with zero attached hydrogens (tertiary/aromatic N) is 1. The van der Waals surface area contributed by atoms with Gasteiger partial charge in [0.2, 0.25) is 0 Å². The maximum absolute atomic E-state index is 12.8. The van der Waals surface area contributed by atoms with Crippen molar-refractivity contribution in [3.05, 3.63) is 12.2 Å². The van der Waals surface area contributed by atoms with Crippen molar-refractivity contribution in [1.29, 1.82) is 0 Å². The lowest BCUT2D eigenvalue weighted by Gasteiger charge is -2.31. The molecule has 0 aliphatic heterocycles. The zero-order valence-corrected chi connectivity index (χ0v) is 41.9. The van der Waals surface area contributed by atoms with Gasteiger partial charge in [-0.1, -0.05) is 219 Å². The van der Waals surface area contributed by atoms with Crippen LogP contribution in [0.1, 0.15) is 264 Å². The molecule has 2 atom stereocenters. The molecule has 0 rings (SSSR count). The Morgan fingerprint density at radius 3 is 1.16 bits per heavy atom. The van der Waals surface area contributed by atoms with E-state index >= 15 is 0 Å². The molecule has 0 radical (unpaired) electrons. The number of carboxylic acid groups (broad SMARTS) is 1. The van der Waals surface area contributed by atoms with Gasteiger partial charge in [-0.2, -0.15) is 0 Å². The van der Waals surface area contributed by atoms with Gasteiger partial charge in [-0.15, -0.1) is 0 Å². The van der Waals surface area contributed by atoms with Gasteiger partial charge >= 0.3 is 17.9 Å². The van der Waals surface area contributed by atoms with Crippen molar-refractivity contribution in [2.75, 3.05) is 41.0 Å². The number of hydrogen-bond acceptors (Lipinski definition) is 6. The fourth-order valence-corrected chi connectivity index (χ4v) is 8.27. The second-order valence-electron chi connectivity index (χ2n) is 19.5. The Kier molecular flexibility index (Phi) is 44.2. The number of carbonyl (C=O) groups excluding carboxylic acids is 2. The third-order valence-corrected chi connectivity index (χ3v) is 12.4. The summed E-state index contributed by atoms with van der Waals surface area (Å²) < 4.78 is 17.4. The Bertz CT molecular complexity index is 1020. The highest BCUT2D eigenvalue weighted by molar-refractivity contribution is 5.72. The first-order valence-electron chi connectivity index (χ1n) is 26.7. The molecule has 0 aromatic rings. The van der Waals surface area contributed by atoms with Crippen LogP contribution in [0, 0.1) is 0 Å². The van der Waals surface area contributed by atoms with Gasteiger partial charge in [0.25, 0.3) is 0 Å². The fourth-order valence-electron chi connectivity index (χ4n) is 8.27. The average Bonchev–Trinajstić information content (AvgIpc) is 3.23. The van der Waals surface area contributed by atoms with Crippen LogP contribution in [0.4, 0.5) is 0 Å². The van der Waals surface area contributed by atoms with Gasteiger partial charge in [0.15, 0.2) is 12.1 Å². The molecular weight excluding hydrogens is 775 g/mol. The number of carboxylic acids is 1. The minimum atomic E-state index is -0.870. The Balaban J connectivity index is 4.16. The Morgan fingerprint density at radius 2 is 0.806 bits per heavy atom. The first-order valence-corrected chi connectivity index (χ1v) is 26.7. The van der Waals surface area contributed by atoms with Gasteiger partial charge in [-0.3, -0.25) is 9.59 Å². The zero-order valence-electron chi connectivity index (χ0n) is 41.9. The summed E-state index contributed by atoms with van der Waals surface area (Å²) in [6, 6.07) is -0.611. The summed E-state index contributed by atoms with van der Waals surface area (Å²) in [5.41, 5.74) is 0. The van der Waals surface area contributed by atoms with Crippen LogP contribution in [-0.2, 0) is 28.6 Å². The highest BCUT2D eigenvalue weighted by Gasteiger charge is 2.31. The van der Waals surface area contributed by atoms with Crippen LogP contribution in [0.5, 0.6) is 0 Å². The van der Waals surface area contributed by atoms with Crippen LogP contribution in [0.15, 0.2) is 12.2 Å². The topological polar surface area (TPSA) is 99.1 Å². The molecule has 0 fully saturated rings. The Hall–Kier alpha value is -1.93. The first kappa shape index (κ1) is 60.1. The summed E-state index contributed by atoms with van der Waals surface area (Å²) in [5, 5.41) is 9.65. The number of allylic oxidation sites excluding steroid dienone is 2. The molecule has 0 aliphatic rings. The lowest BCUT2D eigenvalue weighted by atomic mass is 10.0. The zero-order chi connectivity index (χ0) is 45.6. The van der Waals surface area contributed by atoms with E-state index in [1.165, 1.54) is 193 Å².